The predicted octanol–water partition coefficient (Wildman–Crippen LogP) is 6.34. The molecule has 3 aromatic carbocycles. The van der Waals surface area contributed by atoms with Gasteiger partial charge in [0.25, 0.3) is 10.0 Å². The minimum atomic E-state index is -4.10. The Balaban J connectivity index is 2.08. The molecular formula is C34H45N3O4S. The van der Waals surface area contributed by atoms with Crippen molar-refractivity contribution >= 4 is 27.5 Å². The van der Waals surface area contributed by atoms with Crippen LogP contribution in [0.25, 0.3) is 0 Å². The molecule has 0 aliphatic rings. The second-order valence-electron chi connectivity index (χ2n) is 11.3. The van der Waals surface area contributed by atoms with E-state index in [4.69, 9.17) is 0 Å². The van der Waals surface area contributed by atoms with Crippen LogP contribution in [-0.2, 0) is 26.2 Å². The summed E-state index contributed by atoms with van der Waals surface area (Å²) < 4.78 is 29.3. The number of hydrogen-bond acceptors (Lipinski definition) is 4. The number of nitrogens with zero attached hydrogens (tertiary/aromatic N) is 2. The van der Waals surface area contributed by atoms with Crippen LogP contribution in [0.3, 0.4) is 0 Å². The van der Waals surface area contributed by atoms with Crippen LogP contribution in [0.4, 0.5) is 5.69 Å². The SMILES string of the molecule is CC[C@H](C)NC(=O)[C@H](CC)N(Cc1cccc(C)c1)C(=O)CN(c1ccc(C(C)C)cc1)S(=O)(=O)c1ccc(C)cc1. The molecule has 3 aromatic rings. The van der Waals surface area contributed by atoms with Crippen LogP contribution in [0.5, 0.6) is 0 Å². The van der Waals surface area contributed by atoms with E-state index in [1.54, 1.807) is 36.4 Å². The zero-order valence-electron chi connectivity index (χ0n) is 25.9. The molecule has 8 heteroatoms. The maximum absolute atomic E-state index is 14.2. The van der Waals surface area contributed by atoms with Crippen LogP contribution in [0, 0.1) is 13.8 Å². The van der Waals surface area contributed by atoms with Gasteiger partial charge in [-0.1, -0.05) is 87.4 Å². The average molecular weight is 592 g/mol. The number of amides is 2. The van der Waals surface area contributed by atoms with E-state index in [1.807, 2.05) is 71.0 Å². The van der Waals surface area contributed by atoms with Gasteiger partial charge in [0, 0.05) is 12.6 Å². The van der Waals surface area contributed by atoms with Crippen LogP contribution in [0.15, 0.2) is 77.7 Å². The Bertz CT molecular complexity index is 1450. The van der Waals surface area contributed by atoms with Gasteiger partial charge < -0.3 is 10.2 Å². The summed E-state index contributed by atoms with van der Waals surface area (Å²) >= 11 is 0. The second-order valence-corrected chi connectivity index (χ2v) is 13.2. The fraction of sp³-hybridized carbons (Fsp3) is 0.412. The zero-order chi connectivity index (χ0) is 31.0. The molecule has 0 aromatic heterocycles. The highest BCUT2D eigenvalue weighted by Crippen LogP contribution is 2.27. The Morgan fingerprint density at radius 3 is 2.02 bits per heavy atom. The number of carbonyl (C=O) groups excluding carboxylic acids is 2. The summed E-state index contributed by atoms with van der Waals surface area (Å²) in [4.78, 5) is 29.3. The Morgan fingerprint density at radius 1 is 0.833 bits per heavy atom. The highest BCUT2D eigenvalue weighted by molar-refractivity contribution is 7.92. The number of carbonyl (C=O) groups is 2. The van der Waals surface area contributed by atoms with Gasteiger partial charge in [0.05, 0.1) is 10.6 Å². The fourth-order valence-corrected chi connectivity index (χ4v) is 6.17. The fourth-order valence-electron chi connectivity index (χ4n) is 4.76. The van der Waals surface area contributed by atoms with E-state index in [0.717, 1.165) is 33.0 Å². The standard InChI is InChI=1S/C34H45N3O4S/c1-8-27(7)35-34(39)32(9-2)36(22-28-12-10-11-26(6)21-28)33(38)23-37(30-17-15-29(16-18-30)24(3)4)42(40,41)31-19-13-25(5)14-20-31/h10-21,24,27,32H,8-9,22-23H2,1-7H3,(H,35,39)/t27-,32-/m0/s1. The summed E-state index contributed by atoms with van der Waals surface area (Å²) in [5.74, 6) is -0.435. The number of hydrogen-bond donors (Lipinski definition) is 1. The van der Waals surface area contributed by atoms with E-state index >= 15 is 0 Å². The summed E-state index contributed by atoms with van der Waals surface area (Å²) in [6.45, 7) is 13.5. The first-order valence-corrected chi connectivity index (χ1v) is 16.2. The van der Waals surface area contributed by atoms with Gasteiger partial charge in [0.1, 0.15) is 12.6 Å². The zero-order valence-corrected chi connectivity index (χ0v) is 26.7. The van der Waals surface area contributed by atoms with Crippen molar-refractivity contribution in [2.75, 3.05) is 10.8 Å². The number of sulfonamides is 1. The van der Waals surface area contributed by atoms with Crippen LogP contribution in [0.1, 0.15) is 75.6 Å². The van der Waals surface area contributed by atoms with Gasteiger partial charge in [-0.3, -0.25) is 13.9 Å². The van der Waals surface area contributed by atoms with E-state index in [9.17, 15) is 18.0 Å². The van der Waals surface area contributed by atoms with Crippen molar-refractivity contribution in [1.29, 1.82) is 0 Å². The van der Waals surface area contributed by atoms with Gasteiger partial charge in [0.15, 0.2) is 0 Å². The van der Waals surface area contributed by atoms with Gasteiger partial charge in [-0.15, -0.1) is 0 Å². The van der Waals surface area contributed by atoms with Crippen LogP contribution in [-0.4, -0.2) is 43.8 Å². The first-order valence-electron chi connectivity index (χ1n) is 14.7. The van der Waals surface area contributed by atoms with E-state index in [-0.39, 0.29) is 29.3 Å². The Kier molecular flexibility index (Phi) is 11.3. The van der Waals surface area contributed by atoms with Crippen molar-refractivity contribution < 1.29 is 18.0 Å². The third-order valence-corrected chi connectivity index (χ3v) is 9.35. The number of rotatable bonds is 13. The lowest BCUT2D eigenvalue weighted by atomic mass is 10.0. The predicted molar refractivity (Wildman–Crippen MR) is 170 cm³/mol. The third kappa shape index (κ3) is 8.22. The normalized spacial score (nSPS) is 13.0. The second kappa shape index (κ2) is 14.5. The van der Waals surface area contributed by atoms with Gasteiger partial charge in [-0.2, -0.15) is 0 Å². The summed E-state index contributed by atoms with van der Waals surface area (Å²) in [6.07, 6.45) is 1.14. The largest absolute Gasteiger partial charge is 0.352 e. The molecule has 0 aliphatic heterocycles. The molecule has 0 spiro atoms. The summed E-state index contributed by atoms with van der Waals surface area (Å²) in [7, 11) is -4.10. The molecule has 7 nitrogen and oxygen atoms in total. The summed E-state index contributed by atoms with van der Waals surface area (Å²) in [6, 6.07) is 20.8. The molecule has 0 bridgehead atoms. The van der Waals surface area contributed by atoms with Crippen LogP contribution >= 0.6 is 0 Å². The lowest BCUT2D eigenvalue weighted by Gasteiger charge is -2.34. The number of benzene rings is 3. The Hall–Kier alpha value is -3.65. The topological polar surface area (TPSA) is 86.8 Å². The molecule has 0 unspecified atom stereocenters. The lowest BCUT2D eigenvalue weighted by Crippen LogP contribution is -2.53. The van der Waals surface area contributed by atoms with Crippen molar-refractivity contribution in [3.8, 4) is 0 Å². The lowest BCUT2D eigenvalue weighted by molar-refractivity contribution is -0.140. The van der Waals surface area contributed by atoms with Gasteiger partial charge >= 0.3 is 0 Å². The molecule has 0 aliphatic carbocycles. The molecule has 2 amide bonds. The highest BCUT2D eigenvalue weighted by Gasteiger charge is 2.34. The van der Waals surface area contributed by atoms with Crippen molar-refractivity contribution in [2.45, 2.75) is 90.7 Å². The highest BCUT2D eigenvalue weighted by atomic mass is 32.2. The quantitative estimate of drug-likeness (QED) is 0.251. The molecule has 0 heterocycles. The molecule has 2 atom stereocenters. The molecule has 0 saturated heterocycles. The minimum absolute atomic E-state index is 0.0552. The molecule has 0 radical (unpaired) electrons. The summed E-state index contributed by atoms with van der Waals surface area (Å²) in [5.41, 5.74) is 4.28. The van der Waals surface area contributed by atoms with E-state index in [0.29, 0.717) is 12.1 Å². The maximum atomic E-state index is 14.2. The van der Waals surface area contributed by atoms with Crippen molar-refractivity contribution in [1.82, 2.24) is 10.2 Å². The first kappa shape index (κ1) is 32.9. The monoisotopic (exact) mass is 591 g/mol. The Labute approximate surface area is 252 Å². The van der Waals surface area contributed by atoms with E-state index in [2.05, 4.69) is 19.2 Å². The molecule has 0 fully saturated rings. The van der Waals surface area contributed by atoms with E-state index < -0.39 is 28.5 Å². The first-order chi connectivity index (χ1) is 19.9. The average Bonchev–Trinajstić information content (AvgIpc) is 2.95. The minimum Gasteiger partial charge on any atom is -0.352 e. The summed E-state index contributed by atoms with van der Waals surface area (Å²) in [5, 5.41) is 3.01. The molecule has 226 valence electrons. The number of nitrogens with one attached hydrogen (secondary N) is 1. The third-order valence-electron chi connectivity index (χ3n) is 7.56. The molecule has 1 N–H and O–H groups in total. The Morgan fingerprint density at radius 2 is 1.48 bits per heavy atom. The van der Waals surface area contributed by atoms with Crippen molar-refractivity contribution in [3.63, 3.8) is 0 Å². The molecule has 42 heavy (non-hydrogen) atoms. The maximum Gasteiger partial charge on any atom is 0.264 e. The van der Waals surface area contributed by atoms with Crippen LogP contribution in [0.2, 0.25) is 0 Å². The molecule has 0 saturated carbocycles. The number of anilines is 1. The van der Waals surface area contributed by atoms with Crippen molar-refractivity contribution in [2.24, 2.45) is 0 Å². The van der Waals surface area contributed by atoms with Crippen LogP contribution < -0.4 is 9.62 Å². The molecular weight excluding hydrogens is 546 g/mol. The van der Waals surface area contributed by atoms with Gasteiger partial charge in [0.2, 0.25) is 11.8 Å². The number of aryl methyl sites for hydroxylation is 2. The van der Waals surface area contributed by atoms with E-state index in [1.165, 1.54) is 4.90 Å². The van der Waals surface area contributed by atoms with Gasteiger partial charge in [-0.25, -0.2) is 8.42 Å². The van der Waals surface area contributed by atoms with Gasteiger partial charge in [-0.05, 0) is 74.9 Å². The molecule has 3 rings (SSSR count). The van der Waals surface area contributed by atoms with Crippen molar-refractivity contribution in [3.05, 3.63) is 95.1 Å². The smallest absolute Gasteiger partial charge is 0.264 e.